The van der Waals surface area contributed by atoms with Crippen LogP contribution in [0, 0.1) is 0 Å². The summed E-state index contributed by atoms with van der Waals surface area (Å²) in [4.78, 5) is 0. The lowest BCUT2D eigenvalue weighted by Gasteiger charge is -2.11. The molecule has 0 saturated carbocycles. The van der Waals surface area contributed by atoms with Crippen LogP contribution in [0.2, 0.25) is 0 Å². The Kier molecular flexibility index (Phi) is 9.02. The van der Waals surface area contributed by atoms with E-state index in [0.717, 1.165) is 48.2 Å². The molecule has 0 bridgehead atoms. The number of aryl methyl sites for hydroxylation is 2. The van der Waals surface area contributed by atoms with Crippen molar-refractivity contribution in [2.45, 2.75) is 91.9 Å². The van der Waals surface area contributed by atoms with Gasteiger partial charge in [-0.25, -0.2) is 4.70 Å². The van der Waals surface area contributed by atoms with Crippen LogP contribution in [0.4, 0.5) is 0 Å². The SMILES string of the molecule is CCCCCC1=C(c2ccc(CCCC)cc2)[N+](=[N-])C(c2ccc(CCCC)cc2)=C1C. The first-order chi connectivity index (χ1) is 15.6. The summed E-state index contributed by atoms with van der Waals surface area (Å²) >= 11 is 0. The topological polar surface area (TPSA) is 25.3 Å². The van der Waals surface area contributed by atoms with E-state index in [0.29, 0.717) is 0 Å². The zero-order valence-electron chi connectivity index (χ0n) is 20.6. The molecule has 2 nitrogen and oxygen atoms in total. The second-order valence-corrected chi connectivity index (χ2v) is 9.17. The highest BCUT2D eigenvalue weighted by Crippen LogP contribution is 2.42. The number of hydrogen-bond acceptors (Lipinski definition) is 0. The zero-order chi connectivity index (χ0) is 22.9. The monoisotopic (exact) mass is 428 g/mol. The predicted molar refractivity (Wildman–Crippen MR) is 137 cm³/mol. The first-order valence-corrected chi connectivity index (χ1v) is 12.7. The molecule has 0 aliphatic carbocycles. The molecule has 32 heavy (non-hydrogen) atoms. The Morgan fingerprint density at radius 3 is 1.53 bits per heavy atom. The molecule has 2 heteroatoms. The van der Waals surface area contributed by atoms with Gasteiger partial charge in [-0.1, -0.05) is 70.7 Å². The number of hydrogen-bond donors (Lipinski definition) is 0. The van der Waals surface area contributed by atoms with Crippen LogP contribution in [0.3, 0.4) is 0 Å². The van der Waals surface area contributed by atoms with Crippen LogP contribution >= 0.6 is 0 Å². The molecule has 2 aromatic carbocycles. The minimum atomic E-state index is 0.934. The van der Waals surface area contributed by atoms with Crippen LogP contribution in [0.5, 0.6) is 0 Å². The molecule has 1 aliphatic rings. The third-order valence-electron chi connectivity index (χ3n) is 6.64. The molecule has 0 aromatic heterocycles. The van der Waals surface area contributed by atoms with E-state index in [1.54, 1.807) is 0 Å². The minimum Gasteiger partial charge on any atom is -0.493 e. The van der Waals surface area contributed by atoms with Gasteiger partial charge >= 0.3 is 0 Å². The molecule has 0 saturated heterocycles. The normalized spacial score (nSPS) is 14.1. The highest BCUT2D eigenvalue weighted by Gasteiger charge is 2.33. The molecule has 0 atom stereocenters. The summed E-state index contributed by atoms with van der Waals surface area (Å²) in [5.74, 6) is 0. The lowest BCUT2D eigenvalue weighted by atomic mass is 9.95. The van der Waals surface area contributed by atoms with Crippen LogP contribution in [-0.2, 0) is 12.8 Å². The van der Waals surface area contributed by atoms with Gasteiger partial charge in [0.2, 0.25) is 11.4 Å². The molecule has 0 unspecified atom stereocenters. The standard InChI is InChI=1S/C30H40N2/c1-5-8-11-14-28-23(4)29(26-19-15-24(16-20-26)12-9-6-2)32(31)30(28)27-21-17-25(18-22-27)13-10-7-3/h15-22H,5-14H2,1-4H3. The van der Waals surface area contributed by atoms with Crippen LogP contribution in [0.1, 0.15) is 101 Å². The molecule has 1 aliphatic heterocycles. The van der Waals surface area contributed by atoms with Crippen LogP contribution in [0.15, 0.2) is 59.7 Å². The van der Waals surface area contributed by atoms with Gasteiger partial charge in [-0.2, -0.15) is 0 Å². The molecule has 2 aromatic rings. The lowest BCUT2D eigenvalue weighted by Crippen LogP contribution is -2.03. The molecular formula is C30H40N2. The van der Waals surface area contributed by atoms with Gasteiger partial charge in [-0.3, -0.25) is 0 Å². The third-order valence-corrected chi connectivity index (χ3v) is 6.64. The largest absolute Gasteiger partial charge is 0.493 e. The first-order valence-electron chi connectivity index (χ1n) is 12.7. The Morgan fingerprint density at radius 1 is 0.594 bits per heavy atom. The van der Waals surface area contributed by atoms with Crippen molar-refractivity contribution in [3.8, 4) is 0 Å². The molecular weight excluding hydrogens is 388 g/mol. The second kappa shape index (κ2) is 11.9. The van der Waals surface area contributed by atoms with Crippen LogP contribution in [0.25, 0.3) is 16.9 Å². The Bertz CT molecular complexity index is 959. The summed E-state index contributed by atoms with van der Waals surface area (Å²) < 4.78 is 1.46. The van der Waals surface area contributed by atoms with Gasteiger partial charge in [0.25, 0.3) is 0 Å². The first kappa shape index (κ1) is 24.2. The Hall–Kier alpha value is -2.48. The summed E-state index contributed by atoms with van der Waals surface area (Å²) in [7, 11) is 0. The molecule has 3 rings (SSSR count). The van der Waals surface area contributed by atoms with E-state index in [1.165, 1.54) is 65.5 Å². The summed E-state index contributed by atoms with van der Waals surface area (Å²) in [5, 5.41) is 0. The van der Waals surface area contributed by atoms with Gasteiger partial charge in [0.1, 0.15) is 0 Å². The van der Waals surface area contributed by atoms with Crippen molar-refractivity contribution in [2.75, 3.05) is 0 Å². The molecule has 0 amide bonds. The zero-order valence-corrected chi connectivity index (χ0v) is 20.6. The van der Waals surface area contributed by atoms with Gasteiger partial charge in [-0.15, -0.1) is 0 Å². The van der Waals surface area contributed by atoms with Gasteiger partial charge in [0, 0.05) is 22.3 Å². The summed E-state index contributed by atoms with van der Waals surface area (Å²) in [6, 6.07) is 17.6. The number of benzene rings is 2. The summed E-state index contributed by atoms with van der Waals surface area (Å²) in [6.45, 7) is 8.88. The Morgan fingerprint density at radius 2 is 1.06 bits per heavy atom. The molecule has 0 N–H and O–H groups in total. The number of nitrogens with zero attached hydrogens (tertiary/aromatic N) is 2. The van der Waals surface area contributed by atoms with Gasteiger partial charge in [0.05, 0.1) is 0 Å². The van der Waals surface area contributed by atoms with E-state index in [4.69, 9.17) is 0 Å². The molecule has 1 heterocycles. The van der Waals surface area contributed by atoms with E-state index < -0.39 is 0 Å². The van der Waals surface area contributed by atoms with E-state index in [-0.39, 0.29) is 0 Å². The Labute approximate surface area is 195 Å². The van der Waals surface area contributed by atoms with Crippen molar-refractivity contribution >= 4 is 11.4 Å². The van der Waals surface area contributed by atoms with E-state index in [9.17, 15) is 5.53 Å². The van der Waals surface area contributed by atoms with Crippen molar-refractivity contribution in [1.82, 2.24) is 0 Å². The predicted octanol–water partition coefficient (Wildman–Crippen LogP) is 9.14. The fourth-order valence-electron chi connectivity index (χ4n) is 4.63. The smallest absolute Gasteiger partial charge is 0.211 e. The fourth-order valence-corrected chi connectivity index (χ4v) is 4.63. The Balaban J connectivity index is 1.92. The third kappa shape index (κ3) is 5.65. The van der Waals surface area contributed by atoms with Crippen LogP contribution in [-0.4, -0.2) is 4.70 Å². The van der Waals surface area contributed by atoms with Gasteiger partial charge in [-0.05, 0) is 80.8 Å². The maximum Gasteiger partial charge on any atom is 0.211 e. The van der Waals surface area contributed by atoms with Crippen molar-refractivity contribution in [2.24, 2.45) is 0 Å². The fraction of sp³-hybridized carbons (Fsp3) is 0.467. The van der Waals surface area contributed by atoms with E-state index >= 15 is 0 Å². The highest BCUT2D eigenvalue weighted by atomic mass is 15.2. The van der Waals surface area contributed by atoms with Crippen molar-refractivity contribution in [3.63, 3.8) is 0 Å². The van der Waals surface area contributed by atoms with Gasteiger partial charge in [0.15, 0.2) is 0 Å². The van der Waals surface area contributed by atoms with Gasteiger partial charge < -0.3 is 5.53 Å². The average molecular weight is 429 g/mol. The van der Waals surface area contributed by atoms with Crippen molar-refractivity contribution in [1.29, 1.82) is 0 Å². The van der Waals surface area contributed by atoms with Crippen molar-refractivity contribution < 1.29 is 4.70 Å². The second-order valence-electron chi connectivity index (χ2n) is 9.17. The summed E-state index contributed by atoms with van der Waals surface area (Å²) in [5.41, 5.74) is 20.7. The maximum atomic E-state index is 11.4. The lowest BCUT2D eigenvalue weighted by molar-refractivity contribution is -0.345. The summed E-state index contributed by atoms with van der Waals surface area (Å²) in [6.07, 6.45) is 11.7. The molecule has 0 fully saturated rings. The molecule has 170 valence electrons. The number of rotatable bonds is 12. The molecule has 0 radical (unpaired) electrons. The number of unbranched alkanes of at least 4 members (excludes halogenated alkanes) is 4. The van der Waals surface area contributed by atoms with Crippen molar-refractivity contribution in [3.05, 3.63) is 87.5 Å². The highest BCUT2D eigenvalue weighted by molar-refractivity contribution is 5.81. The average Bonchev–Trinajstić information content (AvgIpc) is 3.06. The van der Waals surface area contributed by atoms with E-state index in [2.05, 4.69) is 76.2 Å². The maximum absolute atomic E-state index is 11.4. The van der Waals surface area contributed by atoms with Crippen LogP contribution < -0.4 is 0 Å². The molecule has 0 spiro atoms. The quantitative estimate of drug-likeness (QED) is 0.238. The van der Waals surface area contributed by atoms with E-state index in [1.807, 2.05) is 0 Å². The number of allylic oxidation sites excluding steroid dienone is 2. The minimum absolute atomic E-state index is 0.934.